The summed E-state index contributed by atoms with van der Waals surface area (Å²) in [5.41, 5.74) is 0.982. The van der Waals surface area contributed by atoms with Crippen molar-refractivity contribution >= 4 is 11.8 Å². The number of methoxy groups -OCH3 is 2. The summed E-state index contributed by atoms with van der Waals surface area (Å²) in [6, 6.07) is 11.8. The van der Waals surface area contributed by atoms with Crippen LogP contribution >= 0.6 is 0 Å². The summed E-state index contributed by atoms with van der Waals surface area (Å²) >= 11 is 0. The normalized spacial score (nSPS) is 10.0. The summed E-state index contributed by atoms with van der Waals surface area (Å²) < 4.78 is 15.7. The summed E-state index contributed by atoms with van der Waals surface area (Å²) in [5, 5.41) is 5.51. The lowest BCUT2D eigenvalue weighted by molar-refractivity contribution is 0.0927. The lowest BCUT2D eigenvalue weighted by Crippen LogP contribution is -2.34. The summed E-state index contributed by atoms with van der Waals surface area (Å²) in [7, 11) is 3.04. The highest BCUT2D eigenvalue weighted by molar-refractivity contribution is 5.95. The first-order valence-electron chi connectivity index (χ1n) is 8.60. The summed E-state index contributed by atoms with van der Waals surface area (Å²) in [4.78, 5) is 24.3. The Morgan fingerprint density at radius 2 is 1.37 bits per heavy atom. The number of ether oxygens (including phenoxy) is 3. The van der Waals surface area contributed by atoms with Crippen LogP contribution in [-0.2, 0) is 0 Å². The number of amides is 2. The molecule has 0 unspecified atom stereocenters. The van der Waals surface area contributed by atoms with Gasteiger partial charge in [-0.1, -0.05) is 0 Å². The first kappa shape index (κ1) is 20.1. The van der Waals surface area contributed by atoms with E-state index in [2.05, 4.69) is 10.6 Å². The zero-order valence-electron chi connectivity index (χ0n) is 15.7. The van der Waals surface area contributed by atoms with Crippen molar-refractivity contribution in [2.45, 2.75) is 6.92 Å². The fraction of sp³-hybridized carbons (Fsp3) is 0.300. The fourth-order valence-electron chi connectivity index (χ4n) is 2.40. The Balaban J connectivity index is 1.80. The molecule has 2 N–H and O–H groups in total. The largest absolute Gasteiger partial charge is 0.494 e. The molecule has 0 saturated carbocycles. The molecule has 0 fully saturated rings. The van der Waals surface area contributed by atoms with Gasteiger partial charge >= 0.3 is 0 Å². The van der Waals surface area contributed by atoms with E-state index in [1.165, 1.54) is 14.2 Å². The molecule has 0 aliphatic rings. The van der Waals surface area contributed by atoms with Crippen molar-refractivity contribution in [3.8, 4) is 17.2 Å². The van der Waals surface area contributed by atoms with Gasteiger partial charge in [-0.25, -0.2) is 0 Å². The molecule has 27 heavy (non-hydrogen) atoms. The Hall–Kier alpha value is -3.22. The van der Waals surface area contributed by atoms with Crippen molar-refractivity contribution in [1.82, 2.24) is 10.6 Å². The first-order valence-corrected chi connectivity index (χ1v) is 8.60. The van der Waals surface area contributed by atoms with Crippen molar-refractivity contribution in [2.75, 3.05) is 33.9 Å². The van der Waals surface area contributed by atoms with Gasteiger partial charge in [-0.2, -0.15) is 0 Å². The molecule has 0 atom stereocenters. The first-order chi connectivity index (χ1) is 13.1. The minimum absolute atomic E-state index is 0.210. The van der Waals surface area contributed by atoms with E-state index in [1.807, 2.05) is 6.92 Å². The number of carbonyl (C=O) groups is 2. The van der Waals surface area contributed by atoms with Gasteiger partial charge < -0.3 is 24.8 Å². The maximum Gasteiger partial charge on any atom is 0.251 e. The highest BCUT2D eigenvalue weighted by atomic mass is 16.5. The van der Waals surface area contributed by atoms with Gasteiger partial charge in [-0.15, -0.1) is 0 Å². The van der Waals surface area contributed by atoms with E-state index in [0.717, 1.165) is 5.75 Å². The van der Waals surface area contributed by atoms with Crippen LogP contribution in [0.5, 0.6) is 17.2 Å². The Bertz CT molecular complexity index is 774. The summed E-state index contributed by atoms with van der Waals surface area (Å²) in [6.45, 7) is 3.09. The lowest BCUT2D eigenvalue weighted by Gasteiger charge is -2.10. The van der Waals surface area contributed by atoms with Gasteiger partial charge in [-0.05, 0) is 49.4 Å². The minimum Gasteiger partial charge on any atom is -0.494 e. The number of rotatable bonds is 9. The maximum absolute atomic E-state index is 12.2. The molecular weight excluding hydrogens is 348 g/mol. The van der Waals surface area contributed by atoms with Gasteiger partial charge in [0.2, 0.25) is 0 Å². The molecule has 2 rings (SSSR count). The zero-order valence-corrected chi connectivity index (χ0v) is 15.7. The van der Waals surface area contributed by atoms with Crippen LogP contribution < -0.4 is 24.8 Å². The molecular formula is C20H24N2O5. The Morgan fingerprint density at radius 3 is 1.93 bits per heavy atom. The van der Waals surface area contributed by atoms with Crippen LogP contribution in [0.4, 0.5) is 0 Å². The Labute approximate surface area is 158 Å². The number of benzene rings is 2. The number of nitrogens with one attached hydrogen (secondary N) is 2. The van der Waals surface area contributed by atoms with Crippen molar-refractivity contribution in [3.05, 3.63) is 53.6 Å². The molecule has 7 heteroatoms. The molecule has 0 bridgehead atoms. The molecule has 0 saturated heterocycles. The van der Waals surface area contributed by atoms with E-state index >= 15 is 0 Å². The summed E-state index contributed by atoms with van der Waals surface area (Å²) in [5.74, 6) is 1.28. The molecule has 0 heterocycles. The second kappa shape index (κ2) is 10.1. The standard InChI is InChI=1S/C20H24N2O5/c1-4-27-16-8-5-14(6-9-16)19(23)21-11-12-22-20(24)15-7-10-17(25-2)18(13-15)26-3/h5-10,13H,4,11-12H2,1-3H3,(H,21,23)(H,22,24). The second-order valence-electron chi connectivity index (χ2n) is 5.54. The van der Waals surface area contributed by atoms with Gasteiger partial charge in [0.15, 0.2) is 11.5 Å². The SMILES string of the molecule is CCOc1ccc(C(=O)NCCNC(=O)c2ccc(OC)c(OC)c2)cc1. The quantitative estimate of drug-likeness (QED) is 0.660. The lowest BCUT2D eigenvalue weighted by atomic mass is 10.2. The molecule has 0 aliphatic heterocycles. The van der Waals surface area contributed by atoms with Gasteiger partial charge in [-0.3, -0.25) is 9.59 Å². The van der Waals surface area contributed by atoms with Crippen molar-refractivity contribution in [2.24, 2.45) is 0 Å². The third-order valence-corrected chi connectivity index (χ3v) is 3.77. The molecule has 0 radical (unpaired) electrons. The van der Waals surface area contributed by atoms with Crippen LogP contribution in [0, 0.1) is 0 Å². The molecule has 2 aromatic carbocycles. The van der Waals surface area contributed by atoms with E-state index < -0.39 is 0 Å². The van der Waals surface area contributed by atoms with Gasteiger partial charge in [0.05, 0.1) is 20.8 Å². The van der Waals surface area contributed by atoms with Crippen LogP contribution in [0.2, 0.25) is 0 Å². The van der Waals surface area contributed by atoms with Crippen LogP contribution in [0.3, 0.4) is 0 Å². The van der Waals surface area contributed by atoms with Crippen molar-refractivity contribution in [3.63, 3.8) is 0 Å². The Morgan fingerprint density at radius 1 is 0.815 bits per heavy atom. The maximum atomic E-state index is 12.2. The van der Waals surface area contributed by atoms with Gasteiger partial charge in [0.25, 0.3) is 11.8 Å². The third-order valence-electron chi connectivity index (χ3n) is 3.77. The topological polar surface area (TPSA) is 85.9 Å². The van der Waals surface area contributed by atoms with Crippen molar-refractivity contribution in [1.29, 1.82) is 0 Å². The third kappa shape index (κ3) is 5.64. The van der Waals surface area contributed by atoms with Gasteiger partial charge in [0, 0.05) is 24.2 Å². The van der Waals surface area contributed by atoms with E-state index in [9.17, 15) is 9.59 Å². The predicted octanol–water partition coefficient (Wildman–Crippen LogP) is 2.26. The smallest absolute Gasteiger partial charge is 0.251 e. The molecule has 0 aromatic heterocycles. The molecule has 7 nitrogen and oxygen atoms in total. The number of hydrogen-bond acceptors (Lipinski definition) is 5. The van der Waals surface area contributed by atoms with E-state index in [0.29, 0.717) is 42.3 Å². The number of hydrogen-bond donors (Lipinski definition) is 2. The predicted molar refractivity (Wildman–Crippen MR) is 102 cm³/mol. The number of carbonyl (C=O) groups excluding carboxylic acids is 2. The highest BCUT2D eigenvalue weighted by Gasteiger charge is 2.11. The highest BCUT2D eigenvalue weighted by Crippen LogP contribution is 2.27. The zero-order chi connectivity index (χ0) is 19.6. The average Bonchev–Trinajstić information content (AvgIpc) is 2.71. The molecule has 144 valence electrons. The Kier molecular flexibility index (Phi) is 7.49. The molecule has 0 spiro atoms. The monoisotopic (exact) mass is 372 g/mol. The van der Waals surface area contributed by atoms with E-state index in [1.54, 1.807) is 42.5 Å². The fourth-order valence-corrected chi connectivity index (χ4v) is 2.40. The van der Waals surface area contributed by atoms with Crippen LogP contribution in [0.1, 0.15) is 27.6 Å². The minimum atomic E-state index is -0.258. The van der Waals surface area contributed by atoms with Crippen LogP contribution in [0.15, 0.2) is 42.5 Å². The van der Waals surface area contributed by atoms with Gasteiger partial charge in [0.1, 0.15) is 5.75 Å². The van der Waals surface area contributed by atoms with E-state index in [4.69, 9.17) is 14.2 Å². The van der Waals surface area contributed by atoms with Crippen LogP contribution in [0.25, 0.3) is 0 Å². The molecule has 2 aromatic rings. The average molecular weight is 372 g/mol. The van der Waals surface area contributed by atoms with Crippen molar-refractivity contribution < 1.29 is 23.8 Å². The molecule has 2 amide bonds. The van der Waals surface area contributed by atoms with Crippen LogP contribution in [-0.4, -0.2) is 45.7 Å². The second-order valence-corrected chi connectivity index (χ2v) is 5.54. The summed E-state index contributed by atoms with van der Waals surface area (Å²) in [6.07, 6.45) is 0. The molecule has 0 aliphatic carbocycles. The van der Waals surface area contributed by atoms with E-state index in [-0.39, 0.29) is 11.8 Å².